The fourth-order valence-corrected chi connectivity index (χ4v) is 2.87. The molecule has 2 heterocycles. The molecular weight excluding hydrogens is 318 g/mol. The SMILES string of the molecule is CC1(C)OC(C2=CCN(C(=O)OCc3ccccc3)CC2)OC1(C)C. The molecule has 1 fully saturated rings. The molecule has 2 aliphatic rings. The van der Waals surface area contributed by atoms with Crippen LogP contribution in [-0.2, 0) is 20.8 Å². The molecule has 1 amide bonds. The minimum absolute atomic E-state index is 0.284. The minimum atomic E-state index is -0.343. The van der Waals surface area contributed by atoms with Gasteiger partial charge in [0, 0.05) is 13.1 Å². The van der Waals surface area contributed by atoms with Gasteiger partial charge in [0.1, 0.15) is 6.61 Å². The summed E-state index contributed by atoms with van der Waals surface area (Å²) in [7, 11) is 0. The summed E-state index contributed by atoms with van der Waals surface area (Å²) < 4.78 is 17.5. The summed E-state index contributed by atoms with van der Waals surface area (Å²) in [6.45, 7) is 9.61. The van der Waals surface area contributed by atoms with Crippen LogP contribution in [0.1, 0.15) is 39.7 Å². The first-order valence-corrected chi connectivity index (χ1v) is 8.79. The molecule has 0 radical (unpaired) electrons. The molecule has 1 aromatic rings. The Morgan fingerprint density at radius 1 is 1.16 bits per heavy atom. The molecule has 0 bridgehead atoms. The van der Waals surface area contributed by atoms with Gasteiger partial charge in [-0.15, -0.1) is 0 Å². The van der Waals surface area contributed by atoms with Gasteiger partial charge in [-0.05, 0) is 45.3 Å². The molecule has 136 valence electrons. The Labute approximate surface area is 149 Å². The summed E-state index contributed by atoms with van der Waals surface area (Å²) in [6.07, 6.45) is 2.15. The monoisotopic (exact) mass is 345 g/mol. The van der Waals surface area contributed by atoms with Gasteiger partial charge in [-0.25, -0.2) is 4.79 Å². The van der Waals surface area contributed by atoms with E-state index in [2.05, 4.69) is 0 Å². The molecule has 25 heavy (non-hydrogen) atoms. The van der Waals surface area contributed by atoms with E-state index in [0.29, 0.717) is 19.7 Å². The van der Waals surface area contributed by atoms with Crippen molar-refractivity contribution >= 4 is 6.09 Å². The first-order chi connectivity index (χ1) is 11.8. The van der Waals surface area contributed by atoms with Crippen molar-refractivity contribution in [2.75, 3.05) is 13.1 Å². The lowest BCUT2D eigenvalue weighted by atomic mass is 9.90. The Kier molecular flexibility index (Phi) is 4.89. The largest absolute Gasteiger partial charge is 0.445 e. The maximum Gasteiger partial charge on any atom is 0.410 e. The highest BCUT2D eigenvalue weighted by molar-refractivity contribution is 5.68. The Balaban J connectivity index is 1.53. The summed E-state index contributed by atoms with van der Waals surface area (Å²) in [5.41, 5.74) is 1.40. The summed E-state index contributed by atoms with van der Waals surface area (Å²) in [5, 5.41) is 0. The zero-order valence-electron chi connectivity index (χ0n) is 15.5. The third-order valence-electron chi connectivity index (χ3n) is 5.26. The summed E-state index contributed by atoms with van der Waals surface area (Å²) in [6, 6.07) is 9.70. The second-order valence-corrected chi connectivity index (χ2v) is 7.60. The highest BCUT2D eigenvalue weighted by atomic mass is 16.7. The number of rotatable bonds is 3. The van der Waals surface area contributed by atoms with Gasteiger partial charge in [0.2, 0.25) is 0 Å². The van der Waals surface area contributed by atoms with Gasteiger partial charge in [-0.3, -0.25) is 0 Å². The van der Waals surface area contributed by atoms with E-state index in [0.717, 1.165) is 17.6 Å². The molecule has 0 atom stereocenters. The molecule has 3 rings (SSSR count). The highest BCUT2D eigenvalue weighted by Crippen LogP contribution is 2.41. The van der Waals surface area contributed by atoms with Crippen LogP contribution >= 0.6 is 0 Å². The van der Waals surface area contributed by atoms with Crippen LogP contribution in [0.4, 0.5) is 4.79 Å². The van der Waals surface area contributed by atoms with Gasteiger partial charge in [-0.2, -0.15) is 0 Å². The number of nitrogens with zero attached hydrogens (tertiary/aromatic N) is 1. The van der Waals surface area contributed by atoms with E-state index >= 15 is 0 Å². The van der Waals surface area contributed by atoms with Gasteiger partial charge in [0.25, 0.3) is 0 Å². The van der Waals surface area contributed by atoms with Crippen LogP contribution in [0.15, 0.2) is 42.0 Å². The van der Waals surface area contributed by atoms with Crippen molar-refractivity contribution in [1.82, 2.24) is 4.90 Å². The Hall–Kier alpha value is -1.85. The summed E-state index contributed by atoms with van der Waals surface area (Å²) >= 11 is 0. The third-order valence-corrected chi connectivity index (χ3v) is 5.26. The fraction of sp³-hybridized carbons (Fsp3) is 0.550. The molecule has 1 saturated heterocycles. The molecule has 5 heteroatoms. The van der Waals surface area contributed by atoms with E-state index in [4.69, 9.17) is 14.2 Å². The van der Waals surface area contributed by atoms with Crippen molar-refractivity contribution < 1.29 is 19.0 Å². The predicted octanol–water partition coefficient (Wildman–Crippen LogP) is 3.89. The van der Waals surface area contributed by atoms with Gasteiger partial charge in [0.15, 0.2) is 6.29 Å². The van der Waals surface area contributed by atoms with Crippen molar-refractivity contribution in [3.05, 3.63) is 47.5 Å². The molecular formula is C20H27NO4. The van der Waals surface area contributed by atoms with Crippen LogP contribution in [-0.4, -0.2) is 41.6 Å². The van der Waals surface area contributed by atoms with Gasteiger partial charge in [0.05, 0.1) is 11.2 Å². The van der Waals surface area contributed by atoms with Crippen molar-refractivity contribution in [2.24, 2.45) is 0 Å². The van der Waals surface area contributed by atoms with Crippen molar-refractivity contribution in [1.29, 1.82) is 0 Å². The number of carbonyl (C=O) groups excluding carboxylic acids is 1. The van der Waals surface area contributed by atoms with Crippen molar-refractivity contribution in [3.63, 3.8) is 0 Å². The second kappa shape index (κ2) is 6.81. The van der Waals surface area contributed by atoms with Gasteiger partial charge < -0.3 is 19.1 Å². The lowest BCUT2D eigenvalue weighted by Gasteiger charge is -2.30. The number of hydrogen-bond donors (Lipinski definition) is 0. The Bertz CT molecular complexity index is 635. The smallest absolute Gasteiger partial charge is 0.410 e. The number of hydrogen-bond acceptors (Lipinski definition) is 4. The second-order valence-electron chi connectivity index (χ2n) is 7.60. The van der Waals surface area contributed by atoms with Crippen LogP contribution in [0.25, 0.3) is 0 Å². The molecule has 2 aliphatic heterocycles. The van der Waals surface area contributed by atoms with Gasteiger partial charge >= 0.3 is 6.09 Å². The zero-order valence-corrected chi connectivity index (χ0v) is 15.5. The third kappa shape index (κ3) is 3.88. The standard InChI is InChI=1S/C20H27NO4/c1-19(2)20(3,4)25-17(24-19)16-10-12-21(13-11-16)18(22)23-14-15-8-6-5-7-9-15/h5-10,17H,11-14H2,1-4H3. The molecule has 0 spiro atoms. The number of amides is 1. The van der Waals surface area contributed by atoms with Crippen molar-refractivity contribution in [3.8, 4) is 0 Å². The molecule has 0 aromatic heterocycles. The average molecular weight is 345 g/mol. The molecule has 0 saturated carbocycles. The average Bonchev–Trinajstić information content (AvgIpc) is 2.81. The Morgan fingerprint density at radius 3 is 2.36 bits per heavy atom. The maximum atomic E-state index is 12.2. The number of benzene rings is 1. The van der Waals surface area contributed by atoms with Crippen LogP contribution in [0.5, 0.6) is 0 Å². The predicted molar refractivity (Wildman–Crippen MR) is 95.0 cm³/mol. The fourth-order valence-electron chi connectivity index (χ4n) is 2.87. The summed E-state index contributed by atoms with van der Waals surface area (Å²) in [4.78, 5) is 13.9. The van der Waals surface area contributed by atoms with E-state index in [-0.39, 0.29) is 23.6 Å². The summed E-state index contributed by atoms with van der Waals surface area (Å²) in [5.74, 6) is 0. The van der Waals surface area contributed by atoms with Crippen LogP contribution < -0.4 is 0 Å². The van der Waals surface area contributed by atoms with E-state index < -0.39 is 0 Å². The van der Waals surface area contributed by atoms with Crippen LogP contribution in [0.2, 0.25) is 0 Å². The first-order valence-electron chi connectivity index (χ1n) is 8.79. The van der Waals surface area contributed by atoms with E-state index in [1.165, 1.54) is 0 Å². The highest BCUT2D eigenvalue weighted by Gasteiger charge is 2.50. The van der Waals surface area contributed by atoms with Gasteiger partial charge in [-0.1, -0.05) is 36.4 Å². The molecule has 0 N–H and O–H groups in total. The molecule has 0 aliphatic carbocycles. The van der Waals surface area contributed by atoms with Crippen LogP contribution in [0, 0.1) is 0 Å². The molecule has 5 nitrogen and oxygen atoms in total. The quantitative estimate of drug-likeness (QED) is 0.780. The molecule has 0 unspecified atom stereocenters. The topological polar surface area (TPSA) is 48.0 Å². The van der Waals surface area contributed by atoms with Crippen LogP contribution in [0.3, 0.4) is 0 Å². The van der Waals surface area contributed by atoms with E-state index in [1.54, 1.807) is 4.90 Å². The Morgan fingerprint density at radius 2 is 1.80 bits per heavy atom. The van der Waals surface area contributed by atoms with Crippen molar-refractivity contribution in [2.45, 2.75) is 58.2 Å². The first kappa shape index (κ1) is 18.0. The minimum Gasteiger partial charge on any atom is -0.445 e. The lowest BCUT2D eigenvalue weighted by molar-refractivity contribution is -0.0624. The number of ether oxygens (including phenoxy) is 3. The van der Waals surface area contributed by atoms with E-state index in [9.17, 15) is 4.79 Å². The lowest BCUT2D eigenvalue weighted by Crippen LogP contribution is -2.41. The van der Waals surface area contributed by atoms with E-state index in [1.807, 2.05) is 64.1 Å². The molecule has 1 aromatic carbocycles. The zero-order chi connectivity index (χ0) is 18.1. The normalized spacial score (nSPS) is 22.6. The maximum absolute atomic E-state index is 12.2. The number of carbonyl (C=O) groups is 1.